The number of fused-ring (bicyclic) bond motifs is 3. The van der Waals surface area contributed by atoms with E-state index in [1.165, 1.54) is 13.2 Å². The molecule has 0 bridgehead atoms. The summed E-state index contributed by atoms with van der Waals surface area (Å²) in [6, 6.07) is 11.6. The van der Waals surface area contributed by atoms with E-state index in [2.05, 4.69) is 15.2 Å². The number of H-pyrrole nitrogens is 1. The number of nitrogens with zero attached hydrogens (tertiary/aromatic N) is 2. The zero-order valence-corrected chi connectivity index (χ0v) is 22.6. The van der Waals surface area contributed by atoms with Gasteiger partial charge in [0, 0.05) is 66.7 Å². The predicted molar refractivity (Wildman–Crippen MR) is 144 cm³/mol. The lowest BCUT2D eigenvalue weighted by atomic mass is 9.87. The van der Waals surface area contributed by atoms with E-state index in [9.17, 15) is 22.0 Å². The molecule has 0 radical (unpaired) electrons. The van der Waals surface area contributed by atoms with Crippen molar-refractivity contribution in [1.29, 1.82) is 0 Å². The summed E-state index contributed by atoms with van der Waals surface area (Å²) in [7, 11) is 1.23. The first kappa shape index (κ1) is 28.6. The molecular formula is C29H35F5N4O2. The van der Waals surface area contributed by atoms with Crippen LogP contribution in [-0.2, 0) is 11.2 Å². The van der Waals surface area contributed by atoms with Gasteiger partial charge in [-0.2, -0.15) is 8.78 Å². The summed E-state index contributed by atoms with van der Waals surface area (Å²) in [5.74, 6) is -3.23. The summed E-state index contributed by atoms with van der Waals surface area (Å²) in [5, 5.41) is 4.31. The first-order valence-corrected chi connectivity index (χ1v) is 13.5. The normalized spacial score (nSPS) is 20.6. The second kappa shape index (κ2) is 11.9. The Labute approximate surface area is 230 Å². The van der Waals surface area contributed by atoms with Crippen molar-refractivity contribution >= 4 is 16.6 Å². The van der Waals surface area contributed by atoms with Crippen LogP contribution in [0.4, 0.5) is 27.6 Å². The zero-order chi connectivity index (χ0) is 28.4. The first-order valence-electron chi connectivity index (χ1n) is 13.5. The minimum Gasteiger partial charge on any atom is -0.434 e. The average Bonchev–Trinajstić information content (AvgIpc) is 3.24. The number of hydrogen-bond acceptors (Lipinski definition) is 5. The van der Waals surface area contributed by atoms with Gasteiger partial charge < -0.3 is 19.8 Å². The fourth-order valence-corrected chi connectivity index (χ4v) is 6.02. The monoisotopic (exact) mass is 566 g/mol. The molecule has 2 aliphatic heterocycles. The van der Waals surface area contributed by atoms with Gasteiger partial charge in [0.15, 0.2) is 0 Å². The molecule has 1 fully saturated rings. The lowest BCUT2D eigenvalue weighted by Gasteiger charge is -2.43. The van der Waals surface area contributed by atoms with E-state index >= 15 is 0 Å². The Morgan fingerprint density at radius 3 is 2.65 bits per heavy atom. The number of hydrogen-bond donors (Lipinski definition) is 2. The summed E-state index contributed by atoms with van der Waals surface area (Å²) < 4.78 is 79.5. The number of likely N-dealkylation sites (tertiary alicyclic amines) is 1. The molecule has 0 aliphatic carbocycles. The van der Waals surface area contributed by atoms with Gasteiger partial charge in [-0.25, -0.2) is 8.78 Å². The van der Waals surface area contributed by atoms with Crippen LogP contribution in [0, 0.1) is 0 Å². The number of alkyl halides is 5. The maximum absolute atomic E-state index is 15.0. The Morgan fingerprint density at radius 2 is 1.93 bits per heavy atom. The van der Waals surface area contributed by atoms with Crippen molar-refractivity contribution in [3.05, 3.63) is 59.3 Å². The number of aromatic amines is 1. The van der Waals surface area contributed by atoms with Crippen molar-refractivity contribution in [2.45, 2.75) is 50.4 Å². The van der Waals surface area contributed by atoms with Crippen molar-refractivity contribution in [2.75, 3.05) is 51.9 Å². The number of halogens is 5. The van der Waals surface area contributed by atoms with Gasteiger partial charge in [-0.05, 0) is 37.5 Å². The number of benzene rings is 2. The second-order valence-electron chi connectivity index (χ2n) is 10.8. The molecule has 2 atom stereocenters. The zero-order valence-electron chi connectivity index (χ0n) is 22.6. The van der Waals surface area contributed by atoms with E-state index in [0.717, 1.165) is 16.5 Å². The third-order valence-corrected chi connectivity index (χ3v) is 7.75. The molecule has 3 aromatic rings. The quantitative estimate of drug-likeness (QED) is 0.270. The standard InChI is InChI=1S/C29H35F5N4O2/c1-18-12-23-21-6-3-4-7-24(21)36-26(23)27(38(18)16-29(33,34)17-39-2)22-9-8-19(13-25(22)40-28(31)32)35-20-14-37(15-20)11-5-10-30/h3-4,6-9,13,18,20,27-28,35-36H,5,10-12,14-17H2,1-2H3/t18-,27?/m1/s1. The number of methoxy groups -OCH3 is 1. The first-order chi connectivity index (χ1) is 19.2. The molecule has 3 heterocycles. The van der Waals surface area contributed by atoms with Crippen molar-refractivity contribution in [3.63, 3.8) is 0 Å². The highest BCUT2D eigenvalue weighted by Crippen LogP contribution is 2.45. The SMILES string of the molecule is COCC(F)(F)CN1C(c2ccc(NC3CN(CCCF)C3)cc2OC(F)F)c2[nH]c3ccccc3c2C[C@H]1C. The van der Waals surface area contributed by atoms with Gasteiger partial charge in [0.05, 0.1) is 25.3 Å². The molecule has 40 heavy (non-hydrogen) atoms. The summed E-state index contributed by atoms with van der Waals surface area (Å²) in [6.45, 7) is -0.862. The molecule has 218 valence electrons. The fourth-order valence-electron chi connectivity index (χ4n) is 6.02. The molecule has 1 aromatic heterocycles. The Morgan fingerprint density at radius 1 is 1.15 bits per heavy atom. The van der Waals surface area contributed by atoms with Crippen LogP contribution in [-0.4, -0.2) is 86.0 Å². The molecule has 0 amide bonds. The summed E-state index contributed by atoms with van der Waals surface area (Å²) >= 11 is 0. The molecule has 2 aromatic carbocycles. The van der Waals surface area contributed by atoms with Crippen LogP contribution < -0.4 is 10.1 Å². The molecule has 0 saturated carbocycles. The van der Waals surface area contributed by atoms with E-state index in [-0.39, 0.29) is 24.5 Å². The molecule has 1 unspecified atom stereocenters. The van der Waals surface area contributed by atoms with Gasteiger partial charge in [0.1, 0.15) is 12.4 Å². The van der Waals surface area contributed by atoms with E-state index in [1.807, 2.05) is 31.2 Å². The Balaban J connectivity index is 1.52. The van der Waals surface area contributed by atoms with E-state index in [0.29, 0.717) is 49.4 Å². The maximum Gasteiger partial charge on any atom is 0.387 e. The average molecular weight is 567 g/mol. The predicted octanol–water partition coefficient (Wildman–Crippen LogP) is 5.84. The molecule has 0 spiro atoms. The minimum atomic E-state index is -3.16. The molecule has 2 aliphatic rings. The van der Waals surface area contributed by atoms with Crippen LogP contribution in [0.25, 0.3) is 10.9 Å². The van der Waals surface area contributed by atoms with Gasteiger partial charge in [-0.15, -0.1) is 0 Å². The number of aromatic nitrogens is 1. The van der Waals surface area contributed by atoms with Crippen LogP contribution in [0.5, 0.6) is 5.75 Å². The van der Waals surface area contributed by atoms with Gasteiger partial charge in [-0.3, -0.25) is 14.2 Å². The van der Waals surface area contributed by atoms with Crippen LogP contribution in [0.3, 0.4) is 0 Å². The largest absolute Gasteiger partial charge is 0.434 e. The summed E-state index contributed by atoms with van der Waals surface area (Å²) in [5.41, 5.74) is 3.48. The Bertz CT molecular complexity index is 1300. The van der Waals surface area contributed by atoms with Gasteiger partial charge in [0.25, 0.3) is 5.92 Å². The highest BCUT2D eigenvalue weighted by molar-refractivity contribution is 5.85. The number of para-hydroxylation sites is 1. The topological polar surface area (TPSA) is 52.8 Å². The Hall–Kier alpha value is -2.89. The minimum absolute atomic E-state index is 0.0719. The smallest absolute Gasteiger partial charge is 0.387 e. The van der Waals surface area contributed by atoms with Crippen molar-refractivity contribution in [1.82, 2.24) is 14.8 Å². The molecule has 5 rings (SSSR count). The number of nitrogens with one attached hydrogen (secondary N) is 2. The maximum atomic E-state index is 15.0. The van der Waals surface area contributed by atoms with Crippen molar-refractivity contribution < 1.29 is 31.4 Å². The lowest BCUT2D eigenvalue weighted by Crippen LogP contribution is -2.54. The van der Waals surface area contributed by atoms with Crippen LogP contribution in [0.15, 0.2) is 42.5 Å². The lowest BCUT2D eigenvalue weighted by molar-refractivity contribution is -0.0970. The van der Waals surface area contributed by atoms with Gasteiger partial charge >= 0.3 is 6.61 Å². The Kier molecular flexibility index (Phi) is 8.53. The molecule has 11 heteroatoms. The van der Waals surface area contributed by atoms with Crippen LogP contribution in [0.2, 0.25) is 0 Å². The molecule has 1 saturated heterocycles. The van der Waals surface area contributed by atoms with Gasteiger partial charge in [-0.1, -0.05) is 24.3 Å². The van der Waals surface area contributed by atoms with Crippen LogP contribution in [0.1, 0.15) is 36.2 Å². The molecular weight excluding hydrogens is 531 g/mol. The van der Waals surface area contributed by atoms with Crippen molar-refractivity contribution in [2.24, 2.45) is 0 Å². The van der Waals surface area contributed by atoms with Crippen LogP contribution >= 0.6 is 0 Å². The summed E-state index contributed by atoms with van der Waals surface area (Å²) in [4.78, 5) is 7.15. The highest BCUT2D eigenvalue weighted by Gasteiger charge is 2.43. The van der Waals surface area contributed by atoms with E-state index in [4.69, 9.17) is 9.47 Å². The van der Waals surface area contributed by atoms with E-state index < -0.39 is 31.7 Å². The van der Waals surface area contributed by atoms with E-state index in [1.54, 1.807) is 17.0 Å². The van der Waals surface area contributed by atoms with Crippen molar-refractivity contribution in [3.8, 4) is 5.75 Å². The van der Waals surface area contributed by atoms with Gasteiger partial charge in [0.2, 0.25) is 0 Å². The second-order valence-corrected chi connectivity index (χ2v) is 10.8. The number of anilines is 1. The fraction of sp³-hybridized carbons (Fsp3) is 0.517. The number of ether oxygens (including phenoxy) is 2. The highest BCUT2D eigenvalue weighted by atomic mass is 19.3. The molecule has 2 N–H and O–H groups in total. The molecule has 6 nitrogen and oxygen atoms in total. The third kappa shape index (κ3) is 6.06. The number of rotatable bonds is 12. The third-order valence-electron chi connectivity index (χ3n) is 7.75. The summed E-state index contributed by atoms with van der Waals surface area (Å²) in [6.07, 6.45) is 0.993.